The highest BCUT2D eigenvalue weighted by Crippen LogP contribution is 2.24. The molecule has 4 amide bonds. The van der Waals surface area contributed by atoms with Gasteiger partial charge in [0.05, 0.1) is 0 Å². The normalized spacial score (nSPS) is 19.7. The minimum atomic E-state index is -0.864. The van der Waals surface area contributed by atoms with E-state index in [1.807, 2.05) is 19.9 Å². The largest absolute Gasteiger partial charge is 0.353 e. The van der Waals surface area contributed by atoms with E-state index in [0.29, 0.717) is 19.4 Å². The highest BCUT2D eigenvalue weighted by Gasteiger charge is 2.49. The number of carbonyl (C=O) groups excluding carboxylic acids is 3. The predicted octanol–water partition coefficient (Wildman–Crippen LogP) is 1.03. The van der Waals surface area contributed by atoms with Crippen molar-refractivity contribution < 1.29 is 14.4 Å². The molecule has 0 spiro atoms. The Hall–Kier alpha value is -2.45. The van der Waals surface area contributed by atoms with Crippen LogP contribution in [0.5, 0.6) is 0 Å². The number of imide groups is 1. The number of piperazine rings is 1. The van der Waals surface area contributed by atoms with Crippen molar-refractivity contribution in [3.63, 3.8) is 0 Å². The molecule has 0 radical (unpaired) electrons. The van der Waals surface area contributed by atoms with Gasteiger partial charge in [-0.1, -0.05) is 44.2 Å². The van der Waals surface area contributed by atoms with Gasteiger partial charge in [-0.25, -0.2) is 4.79 Å². The first-order valence-electron chi connectivity index (χ1n) is 10.9. The van der Waals surface area contributed by atoms with Crippen LogP contribution in [-0.2, 0) is 16.1 Å². The molecule has 3 rings (SSSR count). The number of amides is 4. The Morgan fingerprint density at radius 1 is 1.03 bits per heavy atom. The van der Waals surface area contributed by atoms with Crippen LogP contribution in [0.15, 0.2) is 30.3 Å². The van der Waals surface area contributed by atoms with Gasteiger partial charge in [-0.05, 0) is 18.4 Å². The Bertz CT molecular complexity index is 742. The number of urea groups is 1. The van der Waals surface area contributed by atoms with Crippen molar-refractivity contribution in [1.29, 1.82) is 0 Å². The fourth-order valence-electron chi connectivity index (χ4n) is 4.11. The average molecular weight is 416 g/mol. The van der Waals surface area contributed by atoms with E-state index < -0.39 is 11.6 Å². The second kappa shape index (κ2) is 10.0. The second-order valence-electron chi connectivity index (χ2n) is 8.06. The van der Waals surface area contributed by atoms with E-state index >= 15 is 0 Å². The second-order valence-corrected chi connectivity index (χ2v) is 8.06. The van der Waals surface area contributed by atoms with Gasteiger partial charge in [-0.2, -0.15) is 0 Å². The van der Waals surface area contributed by atoms with Gasteiger partial charge in [0.15, 0.2) is 0 Å². The maximum absolute atomic E-state index is 12.6. The van der Waals surface area contributed by atoms with E-state index in [0.717, 1.165) is 44.2 Å². The van der Waals surface area contributed by atoms with Crippen molar-refractivity contribution in [3.05, 3.63) is 35.9 Å². The molecular weight excluding hydrogens is 382 g/mol. The molecule has 0 unspecified atom stereocenters. The lowest BCUT2D eigenvalue weighted by atomic mass is 9.93. The molecule has 2 aliphatic heterocycles. The van der Waals surface area contributed by atoms with E-state index in [-0.39, 0.29) is 18.4 Å². The molecule has 0 aliphatic carbocycles. The zero-order valence-electron chi connectivity index (χ0n) is 18.0. The van der Waals surface area contributed by atoms with Gasteiger partial charge >= 0.3 is 6.03 Å². The van der Waals surface area contributed by atoms with Crippen molar-refractivity contribution in [3.8, 4) is 0 Å². The van der Waals surface area contributed by atoms with Gasteiger partial charge in [0.2, 0.25) is 5.91 Å². The molecule has 8 nitrogen and oxygen atoms in total. The van der Waals surface area contributed by atoms with Crippen molar-refractivity contribution >= 4 is 17.8 Å². The van der Waals surface area contributed by atoms with Gasteiger partial charge in [0, 0.05) is 45.8 Å². The quantitative estimate of drug-likeness (QED) is 0.589. The monoisotopic (exact) mass is 415 g/mol. The Morgan fingerprint density at radius 3 is 2.27 bits per heavy atom. The zero-order valence-corrected chi connectivity index (χ0v) is 18.0. The van der Waals surface area contributed by atoms with Crippen molar-refractivity contribution in [1.82, 2.24) is 25.3 Å². The smallest absolute Gasteiger partial charge is 0.325 e. The average Bonchev–Trinajstić information content (AvgIpc) is 3.00. The Balaban J connectivity index is 1.35. The molecule has 2 saturated heterocycles. The number of nitrogens with one attached hydrogen (secondary N) is 2. The number of hydrogen-bond donors (Lipinski definition) is 2. The first-order chi connectivity index (χ1) is 14.5. The topological polar surface area (TPSA) is 85.0 Å². The molecule has 2 heterocycles. The maximum Gasteiger partial charge on any atom is 0.325 e. The van der Waals surface area contributed by atoms with Gasteiger partial charge in [-0.3, -0.25) is 24.3 Å². The summed E-state index contributed by atoms with van der Waals surface area (Å²) in [6.07, 6.45) is 1.03. The fraction of sp³-hybridized carbons (Fsp3) is 0.591. The van der Waals surface area contributed by atoms with E-state index in [9.17, 15) is 14.4 Å². The summed E-state index contributed by atoms with van der Waals surface area (Å²) < 4.78 is 0. The molecule has 2 fully saturated rings. The summed E-state index contributed by atoms with van der Waals surface area (Å²) in [7, 11) is 0. The number of hydrogen-bond acceptors (Lipinski definition) is 5. The molecule has 1 aromatic rings. The lowest BCUT2D eigenvalue weighted by Gasteiger charge is -2.34. The Morgan fingerprint density at radius 2 is 1.67 bits per heavy atom. The van der Waals surface area contributed by atoms with E-state index in [1.165, 1.54) is 5.56 Å². The van der Waals surface area contributed by atoms with Crippen LogP contribution in [0.3, 0.4) is 0 Å². The Labute approximate surface area is 178 Å². The SMILES string of the molecule is CCC1(CC)NC(=O)N(CC(=O)NCCN2CCN(Cc3ccccc3)CC2)C1=O. The highest BCUT2D eigenvalue weighted by atomic mass is 16.2. The molecular formula is C22H33N5O3. The maximum atomic E-state index is 12.6. The van der Waals surface area contributed by atoms with Crippen LogP contribution < -0.4 is 10.6 Å². The number of rotatable bonds is 9. The number of carbonyl (C=O) groups is 3. The third-order valence-corrected chi connectivity index (χ3v) is 6.22. The van der Waals surface area contributed by atoms with Crippen molar-refractivity contribution in [2.45, 2.75) is 38.8 Å². The third kappa shape index (κ3) is 5.17. The van der Waals surface area contributed by atoms with E-state index in [2.05, 4.69) is 44.7 Å². The molecule has 1 aromatic carbocycles. The summed E-state index contributed by atoms with van der Waals surface area (Å²) in [4.78, 5) is 42.8. The molecule has 30 heavy (non-hydrogen) atoms. The third-order valence-electron chi connectivity index (χ3n) is 6.22. The molecule has 0 aromatic heterocycles. The van der Waals surface area contributed by atoms with Gasteiger partial charge in [0.25, 0.3) is 5.91 Å². The summed E-state index contributed by atoms with van der Waals surface area (Å²) >= 11 is 0. The molecule has 0 bridgehead atoms. The van der Waals surface area contributed by atoms with Gasteiger partial charge < -0.3 is 10.6 Å². The van der Waals surface area contributed by atoms with E-state index in [1.54, 1.807) is 0 Å². The minimum absolute atomic E-state index is 0.225. The highest BCUT2D eigenvalue weighted by molar-refractivity contribution is 6.08. The Kier molecular flexibility index (Phi) is 7.44. The van der Waals surface area contributed by atoms with E-state index in [4.69, 9.17) is 0 Å². The molecule has 0 atom stereocenters. The first-order valence-corrected chi connectivity index (χ1v) is 10.9. The molecule has 2 aliphatic rings. The molecule has 164 valence electrons. The zero-order chi connectivity index (χ0) is 21.6. The van der Waals surface area contributed by atoms with Crippen LogP contribution in [-0.4, -0.2) is 83.9 Å². The van der Waals surface area contributed by atoms with Crippen LogP contribution in [0.25, 0.3) is 0 Å². The summed E-state index contributed by atoms with van der Waals surface area (Å²) in [5, 5.41) is 5.59. The minimum Gasteiger partial charge on any atom is -0.353 e. The lowest BCUT2D eigenvalue weighted by Crippen LogP contribution is -2.49. The summed E-state index contributed by atoms with van der Waals surface area (Å²) in [6, 6.07) is 9.99. The predicted molar refractivity (Wildman–Crippen MR) is 115 cm³/mol. The summed E-state index contributed by atoms with van der Waals surface area (Å²) in [5.74, 6) is -0.605. The summed E-state index contributed by atoms with van der Waals surface area (Å²) in [6.45, 7) is 9.67. The van der Waals surface area contributed by atoms with Gasteiger partial charge in [-0.15, -0.1) is 0 Å². The van der Waals surface area contributed by atoms with Crippen molar-refractivity contribution in [2.24, 2.45) is 0 Å². The fourth-order valence-corrected chi connectivity index (χ4v) is 4.11. The first kappa shape index (κ1) is 22.2. The van der Waals surface area contributed by atoms with Crippen LogP contribution in [0.2, 0.25) is 0 Å². The number of benzene rings is 1. The van der Waals surface area contributed by atoms with Crippen LogP contribution in [0, 0.1) is 0 Å². The van der Waals surface area contributed by atoms with Crippen LogP contribution in [0.1, 0.15) is 32.3 Å². The van der Waals surface area contributed by atoms with Crippen LogP contribution >= 0.6 is 0 Å². The molecule has 2 N–H and O–H groups in total. The number of nitrogens with zero attached hydrogens (tertiary/aromatic N) is 3. The summed E-state index contributed by atoms with van der Waals surface area (Å²) in [5.41, 5.74) is 0.463. The standard InChI is InChI=1S/C22H33N5O3/c1-3-22(4-2)20(29)27(21(30)24-22)17-19(28)23-10-11-25-12-14-26(15-13-25)16-18-8-6-5-7-9-18/h5-9H,3-4,10-17H2,1-2H3,(H,23,28)(H,24,30). The molecule has 8 heteroatoms. The van der Waals surface area contributed by atoms with Crippen molar-refractivity contribution in [2.75, 3.05) is 45.8 Å². The molecule has 0 saturated carbocycles. The lowest BCUT2D eigenvalue weighted by molar-refractivity contribution is -0.135. The van der Waals surface area contributed by atoms with Gasteiger partial charge in [0.1, 0.15) is 12.1 Å². The van der Waals surface area contributed by atoms with Crippen LogP contribution in [0.4, 0.5) is 4.79 Å².